The highest BCUT2D eigenvalue weighted by molar-refractivity contribution is 6.31. The van der Waals surface area contributed by atoms with E-state index in [2.05, 4.69) is 13.8 Å². The Labute approximate surface area is 231 Å². The Morgan fingerprint density at radius 2 is 1.77 bits per heavy atom. The molecule has 1 aliphatic rings. The summed E-state index contributed by atoms with van der Waals surface area (Å²) in [6.07, 6.45) is 0. The topological polar surface area (TPSA) is 89.2 Å². The normalized spacial score (nSPS) is 15.5. The molecular formula is C31H28ClNO6. The van der Waals surface area contributed by atoms with E-state index < -0.39 is 23.5 Å². The number of carbonyl (C=O) groups is 2. The summed E-state index contributed by atoms with van der Waals surface area (Å²) >= 11 is 6.20. The van der Waals surface area contributed by atoms with E-state index in [1.54, 1.807) is 36.4 Å². The number of ether oxygens (including phenoxy) is 2. The monoisotopic (exact) mass is 545 g/mol. The first-order valence-electron chi connectivity index (χ1n) is 12.6. The predicted molar refractivity (Wildman–Crippen MR) is 150 cm³/mol. The van der Waals surface area contributed by atoms with E-state index in [1.165, 1.54) is 18.1 Å². The van der Waals surface area contributed by atoms with Crippen LogP contribution in [0.4, 0.5) is 5.69 Å². The quantitative estimate of drug-likeness (QED) is 0.232. The third-order valence-corrected chi connectivity index (χ3v) is 7.01. The number of hydrogen-bond donors (Lipinski definition) is 1. The van der Waals surface area contributed by atoms with Crippen LogP contribution in [0.5, 0.6) is 11.5 Å². The fraction of sp³-hybridized carbons (Fsp3) is 0.226. The molecule has 2 heterocycles. The largest absolute Gasteiger partial charge is 0.503 e. The molecule has 3 aromatic carbocycles. The van der Waals surface area contributed by atoms with E-state index in [0.717, 1.165) is 5.56 Å². The summed E-state index contributed by atoms with van der Waals surface area (Å²) in [6, 6.07) is 18.5. The van der Waals surface area contributed by atoms with Gasteiger partial charge in [-0.2, -0.15) is 0 Å². The van der Waals surface area contributed by atoms with Gasteiger partial charge in [0.1, 0.15) is 5.75 Å². The second kappa shape index (κ2) is 10.5. The molecule has 0 fully saturated rings. The van der Waals surface area contributed by atoms with Crippen molar-refractivity contribution in [2.45, 2.75) is 32.7 Å². The molecule has 5 rings (SSSR count). The van der Waals surface area contributed by atoms with Crippen LogP contribution in [-0.4, -0.2) is 30.5 Å². The average molecular weight is 546 g/mol. The van der Waals surface area contributed by atoms with Gasteiger partial charge in [-0.05, 0) is 60.4 Å². The molecule has 1 atom stereocenters. The summed E-state index contributed by atoms with van der Waals surface area (Å²) < 4.78 is 16.8. The Balaban J connectivity index is 1.63. The molecule has 0 aliphatic carbocycles. The predicted octanol–water partition coefficient (Wildman–Crippen LogP) is 7.40. The Hall–Kier alpha value is -4.23. The summed E-state index contributed by atoms with van der Waals surface area (Å²) in [5.74, 6) is -0.641. The number of aliphatic hydroxyl groups excluding tert-OH is 1. The van der Waals surface area contributed by atoms with Gasteiger partial charge in [0.15, 0.2) is 22.9 Å². The summed E-state index contributed by atoms with van der Waals surface area (Å²) in [4.78, 5) is 28.9. The molecule has 1 unspecified atom stereocenters. The Kier molecular flexibility index (Phi) is 7.10. The Morgan fingerprint density at radius 3 is 2.38 bits per heavy atom. The van der Waals surface area contributed by atoms with Crippen molar-refractivity contribution in [2.75, 3.05) is 18.6 Å². The summed E-state index contributed by atoms with van der Waals surface area (Å²) in [6.45, 7) is 6.55. The number of hydrogen-bond acceptors (Lipinski definition) is 6. The summed E-state index contributed by atoms with van der Waals surface area (Å²) in [7, 11) is 1.48. The molecule has 200 valence electrons. The van der Waals surface area contributed by atoms with Gasteiger partial charge in [-0.15, -0.1) is 0 Å². The number of nitrogens with zero attached hydrogens (tertiary/aromatic N) is 1. The average Bonchev–Trinajstić information content (AvgIpc) is 3.47. The molecule has 1 N–H and O–H groups in total. The van der Waals surface area contributed by atoms with Gasteiger partial charge in [0, 0.05) is 22.2 Å². The van der Waals surface area contributed by atoms with E-state index >= 15 is 0 Å². The second-order valence-electron chi connectivity index (χ2n) is 9.55. The fourth-order valence-corrected chi connectivity index (χ4v) is 5.05. The van der Waals surface area contributed by atoms with E-state index in [4.69, 9.17) is 25.5 Å². The van der Waals surface area contributed by atoms with Gasteiger partial charge in [0.25, 0.3) is 5.91 Å². The summed E-state index contributed by atoms with van der Waals surface area (Å²) in [5.41, 5.74) is 2.54. The molecule has 0 radical (unpaired) electrons. The minimum Gasteiger partial charge on any atom is -0.503 e. The van der Waals surface area contributed by atoms with Gasteiger partial charge in [0.2, 0.25) is 5.78 Å². The number of methoxy groups -OCH3 is 1. The number of aliphatic hydroxyl groups is 1. The van der Waals surface area contributed by atoms with Crippen LogP contribution in [0, 0.1) is 0 Å². The van der Waals surface area contributed by atoms with Crippen LogP contribution >= 0.6 is 11.6 Å². The maximum atomic E-state index is 13.9. The molecule has 8 heteroatoms. The number of Topliss-reactive ketones (excluding diaryl/α,β-unsaturated/α-hetero) is 1. The van der Waals surface area contributed by atoms with Crippen molar-refractivity contribution in [1.82, 2.24) is 0 Å². The van der Waals surface area contributed by atoms with Crippen molar-refractivity contribution in [3.63, 3.8) is 0 Å². The number of benzene rings is 3. The highest BCUT2D eigenvalue weighted by Gasteiger charge is 2.45. The van der Waals surface area contributed by atoms with E-state index in [9.17, 15) is 14.7 Å². The maximum Gasteiger partial charge on any atom is 0.294 e. The van der Waals surface area contributed by atoms with E-state index in [0.29, 0.717) is 51.3 Å². The number of halogens is 1. The van der Waals surface area contributed by atoms with Crippen molar-refractivity contribution >= 4 is 39.9 Å². The molecule has 1 aliphatic heterocycles. The lowest BCUT2D eigenvalue weighted by molar-refractivity contribution is -0.117. The minimum absolute atomic E-state index is 0.0483. The molecule has 0 spiro atoms. The highest BCUT2D eigenvalue weighted by Crippen LogP contribution is 2.43. The third-order valence-electron chi connectivity index (χ3n) is 6.79. The molecule has 7 nitrogen and oxygen atoms in total. The number of rotatable bonds is 8. The first kappa shape index (κ1) is 26.4. The maximum absolute atomic E-state index is 13.9. The number of amides is 1. The SMILES string of the molecule is CCOc1ccc(C2C(C(=O)c3cc4cc(Cl)cc(OC)c4o3)=C(O)C(=O)N2c2ccc(C(C)C)cc2)cc1. The van der Waals surface area contributed by atoms with Crippen molar-refractivity contribution in [3.05, 3.63) is 100.0 Å². The third kappa shape index (κ3) is 4.74. The van der Waals surface area contributed by atoms with Crippen LogP contribution in [-0.2, 0) is 4.79 Å². The zero-order valence-electron chi connectivity index (χ0n) is 22.0. The molecule has 1 amide bonds. The van der Waals surface area contributed by atoms with Crippen LogP contribution in [0.2, 0.25) is 5.02 Å². The van der Waals surface area contributed by atoms with Crippen LogP contribution in [0.25, 0.3) is 11.0 Å². The highest BCUT2D eigenvalue weighted by atomic mass is 35.5. The van der Waals surface area contributed by atoms with E-state index in [1.807, 2.05) is 31.2 Å². The van der Waals surface area contributed by atoms with Crippen molar-refractivity contribution in [3.8, 4) is 11.5 Å². The van der Waals surface area contributed by atoms with Gasteiger partial charge in [-0.1, -0.05) is 49.7 Å². The van der Waals surface area contributed by atoms with Crippen molar-refractivity contribution in [2.24, 2.45) is 0 Å². The number of furan rings is 1. The lowest BCUT2D eigenvalue weighted by atomic mass is 9.94. The van der Waals surface area contributed by atoms with Crippen LogP contribution in [0.1, 0.15) is 54.4 Å². The van der Waals surface area contributed by atoms with Gasteiger partial charge in [0.05, 0.1) is 25.3 Å². The van der Waals surface area contributed by atoms with Crippen LogP contribution in [0.3, 0.4) is 0 Å². The van der Waals surface area contributed by atoms with Crippen molar-refractivity contribution in [1.29, 1.82) is 0 Å². The number of anilines is 1. The van der Waals surface area contributed by atoms with Crippen molar-refractivity contribution < 1.29 is 28.6 Å². The second-order valence-corrected chi connectivity index (χ2v) is 9.99. The first-order chi connectivity index (χ1) is 18.7. The smallest absolute Gasteiger partial charge is 0.294 e. The zero-order valence-corrected chi connectivity index (χ0v) is 22.8. The number of carbonyl (C=O) groups excluding carboxylic acids is 2. The molecular weight excluding hydrogens is 518 g/mol. The molecule has 0 bridgehead atoms. The van der Waals surface area contributed by atoms with Gasteiger partial charge in [-0.25, -0.2) is 0 Å². The van der Waals surface area contributed by atoms with E-state index in [-0.39, 0.29) is 11.3 Å². The first-order valence-corrected chi connectivity index (χ1v) is 13.0. The van der Waals surface area contributed by atoms with Crippen LogP contribution < -0.4 is 14.4 Å². The number of ketones is 1. The molecule has 1 aromatic heterocycles. The van der Waals surface area contributed by atoms with Gasteiger partial charge >= 0.3 is 0 Å². The fourth-order valence-electron chi connectivity index (χ4n) is 4.83. The number of fused-ring (bicyclic) bond motifs is 1. The van der Waals surface area contributed by atoms with Crippen LogP contribution in [0.15, 0.2) is 82.5 Å². The molecule has 0 saturated carbocycles. The lowest BCUT2D eigenvalue weighted by Crippen LogP contribution is -2.31. The molecule has 4 aromatic rings. The lowest BCUT2D eigenvalue weighted by Gasteiger charge is -2.27. The summed E-state index contributed by atoms with van der Waals surface area (Å²) in [5, 5.41) is 12.1. The van der Waals surface area contributed by atoms with Gasteiger partial charge in [-0.3, -0.25) is 14.5 Å². The minimum atomic E-state index is -0.899. The Morgan fingerprint density at radius 1 is 1.08 bits per heavy atom. The Bertz CT molecular complexity index is 1580. The molecule has 39 heavy (non-hydrogen) atoms. The zero-order chi connectivity index (χ0) is 27.8. The van der Waals surface area contributed by atoms with Gasteiger partial charge < -0.3 is 19.0 Å². The molecule has 0 saturated heterocycles. The standard InChI is InChI=1S/C31H28ClNO6/c1-5-38-23-12-8-19(9-13-23)27-26(28(34)24-15-20-14-21(32)16-25(37-4)30(20)39-24)29(35)31(36)33(27)22-10-6-18(7-11-22)17(2)3/h6-17,27,35H,5H2,1-4H3.